The summed E-state index contributed by atoms with van der Waals surface area (Å²) in [6.07, 6.45) is 15.3. The normalized spacial score (nSPS) is 10.6. The van der Waals surface area contributed by atoms with Crippen molar-refractivity contribution in [2.24, 2.45) is 5.41 Å². The van der Waals surface area contributed by atoms with Gasteiger partial charge in [-0.2, -0.15) is 0 Å². The second kappa shape index (κ2) is 3.91. The van der Waals surface area contributed by atoms with Gasteiger partial charge in [-0.1, -0.05) is 0 Å². The first-order valence-electron chi connectivity index (χ1n) is 3.98. The van der Waals surface area contributed by atoms with Gasteiger partial charge in [0.2, 0.25) is 0 Å². The number of ether oxygens (including phenoxy) is 1. The molecule has 0 N–H and O–H groups in total. The van der Waals surface area contributed by atoms with E-state index in [-0.39, 0.29) is 0 Å². The van der Waals surface area contributed by atoms with Crippen molar-refractivity contribution in [3.8, 4) is 37.0 Å². The Morgan fingerprint density at radius 2 is 1.43 bits per heavy atom. The topological polar surface area (TPSA) is 26.3 Å². The van der Waals surface area contributed by atoms with Crippen LogP contribution in [0.4, 0.5) is 0 Å². The third-order valence-corrected chi connectivity index (χ3v) is 1.47. The first-order chi connectivity index (χ1) is 6.31. The zero-order valence-electron chi connectivity index (χ0n) is 8.55. The Morgan fingerprint density at radius 3 is 1.64 bits per heavy atom. The largest absolute Gasteiger partial charge is 0.422 e. The molecule has 0 aromatic heterocycles. The third kappa shape index (κ3) is 2.58. The van der Waals surface area contributed by atoms with Gasteiger partial charge in [0.25, 0.3) is 5.60 Å². The Morgan fingerprint density at radius 1 is 1.07 bits per heavy atom. The third-order valence-electron chi connectivity index (χ3n) is 1.47. The monoisotopic (exact) mass is 188 g/mol. The number of rotatable bonds is 1. The Balaban J connectivity index is 4.89. The number of carbonyl (C=O) groups excluding carboxylic acids is 1. The maximum absolute atomic E-state index is 11.4. The molecule has 0 aromatic rings. The molecule has 0 saturated heterocycles. The van der Waals surface area contributed by atoms with Crippen LogP contribution in [0.1, 0.15) is 20.8 Å². The lowest BCUT2D eigenvalue weighted by Crippen LogP contribution is -2.35. The minimum absolute atomic E-state index is 0.522. The summed E-state index contributed by atoms with van der Waals surface area (Å²) < 4.78 is 4.90. The van der Waals surface area contributed by atoms with Crippen molar-refractivity contribution in [3.05, 3.63) is 0 Å². The molecule has 2 heteroatoms. The lowest BCUT2D eigenvalue weighted by molar-refractivity contribution is -0.156. The lowest BCUT2D eigenvalue weighted by atomic mass is 9.96. The van der Waals surface area contributed by atoms with Crippen LogP contribution in [-0.4, -0.2) is 11.6 Å². The van der Waals surface area contributed by atoms with Crippen molar-refractivity contribution in [2.45, 2.75) is 26.4 Å². The predicted molar refractivity (Wildman–Crippen MR) is 54.8 cm³/mol. The first kappa shape index (κ1) is 12.2. The summed E-state index contributed by atoms with van der Waals surface area (Å²) in [7, 11) is 0. The van der Waals surface area contributed by atoms with E-state index in [0.717, 1.165) is 0 Å². The molecule has 72 valence electrons. The van der Waals surface area contributed by atoms with Gasteiger partial charge in [-0.15, -0.1) is 19.3 Å². The molecule has 0 saturated carbocycles. The summed E-state index contributed by atoms with van der Waals surface area (Å²) >= 11 is 0. The van der Waals surface area contributed by atoms with Gasteiger partial charge in [-0.3, -0.25) is 4.79 Å². The molecule has 0 unspecified atom stereocenters. The van der Waals surface area contributed by atoms with Crippen LogP contribution in [0.3, 0.4) is 0 Å². The van der Waals surface area contributed by atoms with Crippen LogP contribution in [0.2, 0.25) is 0 Å². The molecule has 0 amide bonds. The van der Waals surface area contributed by atoms with Gasteiger partial charge in [0.15, 0.2) is 0 Å². The second-order valence-electron chi connectivity index (χ2n) is 3.75. The summed E-state index contributed by atoms with van der Waals surface area (Å²) in [5.74, 6) is 5.79. The maximum Gasteiger partial charge on any atom is 0.314 e. The van der Waals surface area contributed by atoms with Gasteiger partial charge in [0.05, 0.1) is 5.41 Å². The second-order valence-corrected chi connectivity index (χ2v) is 3.75. The minimum Gasteiger partial charge on any atom is -0.422 e. The molecular weight excluding hydrogens is 176 g/mol. The molecule has 0 atom stereocenters. The van der Waals surface area contributed by atoms with E-state index < -0.39 is 17.0 Å². The van der Waals surface area contributed by atoms with Gasteiger partial charge in [-0.25, -0.2) is 0 Å². The molecule has 0 aliphatic rings. The zero-order valence-corrected chi connectivity index (χ0v) is 8.55. The molecule has 0 heterocycles. The van der Waals surface area contributed by atoms with E-state index in [1.165, 1.54) is 0 Å². The van der Waals surface area contributed by atoms with Crippen LogP contribution in [-0.2, 0) is 9.53 Å². The fourth-order valence-corrected chi connectivity index (χ4v) is 0.506. The van der Waals surface area contributed by atoms with E-state index in [0.29, 0.717) is 0 Å². The number of carbonyl (C=O) groups is 1. The van der Waals surface area contributed by atoms with Gasteiger partial charge in [-0.05, 0) is 38.5 Å². The summed E-state index contributed by atoms with van der Waals surface area (Å²) in [5, 5.41) is 0. The molecule has 0 fully saturated rings. The van der Waals surface area contributed by atoms with E-state index in [1.54, 1.807) is 20.8 Å². The Hall–Kier alpha value is -1.85. The fourth-order valence-electron chi connectivity index (χ4n) is 0.506. The molecule has 0 bridgehead atoms. The average Bonchev–Trinajstić information content (AvgIpc) is 2.12. The van der Waals surface area contributed by atoms with E-state index in [1.807, 2.05) is 0 Å². The molecule has 0 spiro atoms. The summed E-state index contributed by atoms with van der Waals surface area (Å²) in [4.78, 5) is 11.4. The molecule has 14 heavy (non-hydrogen) atoms. The van der Waals surface area contributed by atoms with Gasteiger partial charge in [0, 0.05) is 0 Å². The molecule has 0 aliphatic carbocycles. The number of hydrogen-bond acceptors (Lipinski definition) is 2. The van der Waals surface area contributed by atoms with Crippen molar-refractivity contribution in [1.82, 2.24) is 0 Å². The molecule has 0 aliphatic heterocycles. The van der Waals surface area contributed by atoms with Crippen LogP contribution in [0.5, 0.6) is 0 Å². The fraction of sp³-hybridized carbons (Fsp3) is 0.417. The summed E-state index contributed by atoms with van der Waals surface area (Å²) in [6, 6.07) is 0. The van der Waals surface area contributed by atoms with Crippen LogP contribution in [0, 0.1) is 42.4 Å². The van der Waals surface area contributed by atoms with Gasteiger partial charge < -0.3 is 4.74 Å². The van der Waals surface area contributed by atoms with Crippen LogP contribution < -0.4 is 0 Å². The molecule has 0 rings (SSSR count). The maximum atomic E-state index is 11.4. The average molecular weight is 188 g/mol. The SMILES string of the molecule is C#CC(C#C)(C#C)OC(=O)C(C)(C)C. The molecular formula is C12H12O2. The Bertz CT molecular complexity index is 314. The summed E-state index contributed by atoms with van der Waals surface area (Å²) in [5.41, 5.74) is -2.35. The van der Waals surface area contributed by atoms with Crippen molar-refractivity contribution < 1.29 is 9.53 Å². The predicted octanol–water partition coefficient (Wildman–Crippen LogP) is 1.21. The number of terminal acetylenes is 3. The van der Waals surface area contributed by atoms with Crippen molar-refractivity contribution in [3.63, 3.8) is 0 Å². The van der Waals surface area contributed by atoms with Gasteiger partial charge >= 0.3 is 5.97 Å². The van der Waals surface area contributed by atoms with Crippen LogP contribution in [0.25, 0.3) is 0 Å². The van der Waals surface area contributed by atoms with E-state index in [2.05, 4.69) is 17.8 Å². The molecule has 0 radical (unpaired) electrons. The van der Waals surface area contributed by atoms with E-state index in [9.17, 15) is 4.79 Å². The van der Waals surface area contributed by atoms with E-state index >= 15 is 0 Å². The van der Waals surface area contributed by atoms with Gasteiger partial charge in [0.1, 0.15) is 0 Å². The Kier molecular flexibility index (Phi) is 3.39. The minimum atomic E-state index is -1.66. The standard InChI is InChI=1S/C12H12O2/c1-7-12(8-2,9-3)14-10(13)11(4,5)6/h1-3H,4-6H3. The summed E-state index contributed by atoms with van der Waals surface area (Å²) in [6.45, 7) is 5.05. The highest BCUT2D eigenvalue weighted by Gasteiger charge is 2.33. The van der Waals surface area contributed by atoms with Crippen molar-refractivity contribution in [2.75, 3.05) is 0 Å². The van der Waals surface area contributed by atoms with Crippen molar-refractivity contribution >= 4 is 5.97 Å². The van der Waals surface area contributed by atoms with E-state index in [4.69, 9.17) is 24.0 Å². The highest BCUT2D eigenvalue weighted by Crippen LogP contribution is 2.19. The van der Waals surface area contributed by atoms with Crippen molar-refractivity contribution in [1.29, 1.82) is 0 Å². The lowest BCUT2D eigenvalue weighted by Gasteiger charge is -2.22. The van der Waals surface area contributed by atoms with Crippen LogP contribution >= 0.6 is 0 Å². The molecule has 2 nitrogen and oxygen atoms in total. The highest BCUT2D eigenvalue weighted by molar-refractivity contribution is 5.77. The first-order valence-corrected chi connectivity index (χ1v) is 3.98. The highest BCUT2D eigenvalue weighted by atomic mass is 16.6. The smallest absolute Gasteiger partial charge is 0.314 e. The number of hydrogen-bond donors (Lipinski definition) is 0. The van der Waals surface area contributed by atoms with Crippen LogP contribution in [0.15, 0.2) is 0 Å². The quantitative estimate of drug-likeness (QED) is 0.457. The zero-order chi connectivity index (χ0) is 11.4. The number of esters is 1. The molecule has 0 aromatic carbocycles. The Labute approximate surface area is 85.0 Å².